The number of hydrogen-bond donors (Lipinski definition) is 0. The molecule has 5 heteroatoms. The van der Waals surface area contributed by atoms with Crippen LogP contribution in [0.5, 0.6) is 5.75 Å². The lowest BCUT2D eigenvalue weighted by molar-refractivity contribution is -0.682. The number of ketones is 1. The molecule has 5 nitrogen and oxygen atoms in total. The summed E-state index contributed by atoms with van der Waals surface area (Å²) in [5.41, 5.74) is 1.56. The molecule has 4 aromatic rings. The van der Waals surface area contributed by atoms with Gasteiger partial charge in [0.05, 0.1) is 7.11 Å². The minimum Gasteiger partial charge on any atom is -0.497 e. The highest BCUT2D eigenvalue weighted by Crippen LogP contribution is 2.19. The Morgan fingerprint density at radius 2 is 1.96 bits per heavy atom. The highest BCUT2D eigenvalue weighted by Gasteiger charge is 2.13. The van der Waals surface area contributed by atoms with Gasteiger partial charge in [-0.05, 0) is 36.4 Å². The van der Waals surface area contributed by atoms with Gasteiger partial charge < -0.3 is 9.15 Å². The Kier molecular flexibility index (Phi) is 4.27. The van der Waals surface area contributed by atoms with Crippen molar-refractivity contribution in [1.29, 1.82) is 0 Å². The van der Waals surface area contributed by atoms with Gasteiger partial charge in [0.1, 0.15) is 36.0 Å². The Bertz CT molecular complexity index is 1010. The molecule has 0 fully saturated rings. The van der Waals surface area contributed by atoms with Crippen LogP contribution in [-0.4, -0.2) is 17.5 Å². The second kappa shape index (κ2) is 6.88. The largest absolute Gasteiger partial charge is 0.497 e. The van der Waals surface area contributed by atoms with E-state index in [-0.39, 0.29) is 5.78 Å². The number of nitrogens with zero attached hydrogens (tertiary/aromatic N) is 2. The number of aromatic nitrogens is 2. The highest BCUT2D eigenvalue weighted by molar-refractivity contribution is 5.95. The van der Waals surface area contributed by atoms with Crippen LogP contribution in [0, 0.1) is 0 Å². The number of benzene rings is 2. The van der Waals surface area contributed by atoms with Crippen LogP contribution in [-0.2, 0) is 13.1 Å². The molecule has 4 rings (SSSR count). The standard InChI is InChI=1S/C21H19N2O3/c1-25-18-8-6-16(7-9-18)20(24)14-23-11-10-22(15-23)13-19-12-17-4-2-3-5-21(17)26-19/h2-12,15H,13-14H2,1H3/q+1. The minimum atomic E-state index is 0.0548. The average molecular weight is 347 g/mol. The molecule has 0 aliphatic rings. The van der Waals surface area contributed by atoms with Gasteiger partial charge in [-0.2, -0.15) is 0 Å². The molecule has 26 heavy (non-hydrogen) atoms. The number of rotatable bonds is 6. The predicted molar refractivity (Wildman–Crippen MR) is 97.3 cm³/mol. The molecule has 0 atom stereocenters. The van der Waals surface area contributed by atoms with Crippen molar-refractivity contribution < 1.29 is 18.5 Å². The molecule has 0 spiro atoms. The molecule has 130 valence electrons. The maximum Gasteiger partial charge on any atom is 0.244 e. The van der Waals surface area contributed by atoms with Crippen LogP contribution in [0.4, 0.5) is 0 Å². The number of imidazole rings is 1. The first-order valence-electron chi connectivity index (χ1n) is 8.41. The fourth-order valence-electron chi connectivity index (χ4n) is 2.95. The Hall–Kier alpha value is -3.34. The summed E-state index contributed by atoms with van der Waals surface area (Å²) in [5.74, 6) is 1.68. The van der Waals surface area contributed by atoms with Crippen molar-refractivity contribution in [3.05, 3.63) is 84.6 Å². The summed E-state index contributed by atoms with van der Waals surface area (Å²) < 4.78 is 14.8. The number of furan rings is 1. The van der Waals surface area contributed by atoms with E-state index in [0.717, 1.165) is 22.5 Å². The molecule has 0 aliphatic heterocycles. The summed E-state index contributed by atoms with van der Waals surface area (Å²) in [5, 5.41) is 1.09. The van der Waals surface area contributed by atoms with E-state index in [4.69, 9.17) is 9.15 Å². The van der Waals surface area contributed by atoms with Crippen LogP contribution >= 0.6 is 0 Å². The second-order valence-electron chi connectivity index (χ2n) is 6.16. The smallest absolute Gasteiger partial charge is 0.244 e. The highest BCUT2D eigenvalue weighted by atomic mass is 16.5. The van der Waals surface area contributed by atoms with E-state index in [1.807, 2.05) is 58.2 Å². The van der Waals surface area contributed by atoms with Gasteiger partial charge in [0, 0.05) is 10.9 Å². The monoisotopic (exact) mass is 347 g/mol. The van der Waals surface area contributed by atoms with Crippen LogP contribution < -0.4 is 9.30 Å². The number of carbonyl (C=O) groups is 1. The van der Waals surface area contributed by atoms with Crippen LogP contribution in [0.2, 0.25) is 0 Å². The third-order valence-corrected chi connectivity index (χ3v) is 4.30. The summed E-state index contributed by atoms with van der Waals surface area (Å²) in [6.07, 6.45) is 5.74. The first kappa shape index (κ1) is 16.1. The van der Waals surface area contributed by atoms with E-state index in [1.165, 1.54) is 0 Å². The molecule has 0 bridgehead atoms. The van der Waals surface area contributed by atoms with E-state index in [2.05, 4.69) is 0 Å². The van der Waals surface area contributed by atoms with E-state index in [0.29, 0.717) is 18.7 Å². The Labute approximate surface area is 151 Å². The Morgan fingerprint density at radius 3 is 2.73 bits per heavy atom. The van der Waals surface area contributed by atoms with Crippen LogP contribution in [0.1, 0.15) is 16.1 Å². The molecular formula is C21H19N2O3+. The first-order valence-corrected chi connectivity index (χ1v) is 8.41. The predicted octanol–water partition coefficient (Wildman–Crippen LogP) is 3.46. The first-order chi connectivity index (χ1) is 12.7. The Balaban J connectivity index is 1.44. The topological polar surface area (TPSA) is 48.2 Å². The lowest BCUT2D eigenvalue weighted by Crippen LogP contribution is -2.35. The molecule has 0 radical (unpaired) electrons. The van der Waals surface area contributed by atoms with Crippen LogP contribution in [0.15, 0.2) is 77.7 Å². The normalized spacial score (nSPS) is 11.0. The third-order valence-electron chi connectivity index (χ3n) is 4.30. The second-order valence-corrected chi connectivity index (χ2v) is 6.16. The summed E-state index contributed by atoms with van der Waals surface area (Å²) >= 11 is 0. The van der Waals surface area contributed by atoms with Gasteiger partial charge in [0.2, 0.25) is 12.1 Å². The number of para-hydroxylation sites is 1. The molecule has 2 aromatic heterocycles. The summed E-state index contributed by atoms with van der Waals surface area (Å²) in [7, 11) is 1.61. The SMILES string of the molecule is COc1ccc(C(=O)C[n+]2ccn(Cc3cc4ccccc4o3)c2)cc1. The van der Waals surface area contributed by atoms with E-state index < -0.39 is 0 Å². The van der Waals surface area contributed by atoms with Crippen molar-refractivity contribution in [2.45, 2.75) is 13.1 Å². The lowest BCUT2D eigenvalue weighted by atomic mass is 10.1. The average Bonchev–Trinajstić information content (AvgIpc) is 3.28. The van der Waals surface area contributed by atoms with Crippen molar-refractivity contribution in [2.24, 2.45) is 0 Å². The van der Waals surface area contributed by atoms with Crippen LogP contribution in [0.3, 0.4) is 0 Å². The molecule has 0 N–H and O–H groups in total. The van der Waals surface area contributed by atoms with Gasteiger partial charge in [-0.25, -0.2) is 9.13 Å². The Morgan fingerprint density at radius 1 is 1.15 bits per heavy atom. The van der Waals surface area contributed by atoms with Crippen molar-refractivity contribution in [2.75, 3.05) is 7.11 Å². The fraction of sp³-hybridized carbons (Fsp3) is 0.143. The zero-order chi connectivity index (χ0) is 17.9. The van der Waals surface area contributed by atoms with Gasteiger partial charge in [-0.15, -0.1) is 0 Å². The molecule has 0 saturated carbocycles. The van der Waals surface area contributed by atoms with E-state index >= 15 is 0 Å². The number of hydrogen-bond acceptors (Lipinski definition) is 3. The molecular weight excluding hydrogens is 328 g/mol. The van der Waals surface area contributed by atoms with Crippen molar-refractivity contribution in [3.8, 4) is 5.75 Å². The van der Waals surface area contributed by atoms with Crippen molar-refractivity contribution >= 4 is 16.8 Å². The summed E-state index contributed by atoms with van der Waals surface area (Å²) in [6, 6.07) is 17.2. The summed E-state index contributed by atoms with van der Waals surface area (Å²) in [4.78, 5) is 12.4. The molecule has 2 aromatic carbocycles. The maximum atomic E-state index is 12.4. The number of ether oxygens (including phenoxy) is 1. The van der Waals surface area contributed by atoms with Gasteiger partial charge in [-0.1, -0.05) is 18.2 Å². The summed E-state index contributed by atoms with van der Waals surface area (Å²) in [6.45, 7) is 0.915. The van der Waals surface area contributed by atoms with Gasteiger partial charge in [0.25, 0.3) is 0 Å². The van der Waals surface area contributed by atoms with Gasteiger partial charge in [-0.3, -0.25) is 4.79 Å². The number of methoxy groups -OCH3 is 1. The zero-order valence-electron chi connectivity index (χ0n) is 14.5. The minimum absolute atomic E-state index is 0.0548. The number of fused-ring (bicyclic) bond motifs is 1. The van der Waals surface area contributed by atoms with E-state index in [9.17, 15) is 4.79 Å². The maximum absolute atomic E-state index is 12.4. The molecule has 0 aliphatic carbocycles. The fourth-order valence-corrected chi connectivity index (χ4v) is 2.95. The molecule has 0 amide bonds. The molecule has 0 unspecified atom stereocenters. The number of carbonyl (C=O) groups excluding carboxylic acids is 1. The third kappa shape index (κ3) is 3.37. The number of Topliss-reactive ketones (excluding diaryl/α,β-unsaturated/α-hetero) is 1. The lowest BCUT2D eigenvalue weighted by Gasteiger charge is -2.01. The van der Waals surface area contributed by atoms with Crippen LogP contribution in [0.25, 0.3) is 11.0 Å². The van der Waals surface area contributed by atoms with E-state index in [1.54, 1.807) is 31.4 Å². The van der Waals surface area contributed by atoms with Gasteiger partial charge >= 0.3 is 0 Å². The van der Waals surface area contributed by atoms with Gasteiger partial charge in [0.15, 0.2) is 6.54 Å². The quantitative estimate of drug-likeness (QED) is 0.396. The molecule has 0 saturated heterocycles. The van der Waals surface area contributed by atoms with Crippen molar-refractivity contribution in [3.63, 3.8) is 0 Å². The molecule has 2 heterocycles. The van der Waals surface area contributed by atoms with Crippen molar-refractivity contribution in [1.82, 2.24) is 4.57 Å². The zero-order valence-corrected chi connectivity index (χ0v) is 14.5.